The molecule has 89 heavy (non-hydrogen) atoms. The fraction of sp³-hybridized carbons (Fsp3) is 0.467. The van der Waals surface area contributed by atoms with Gasteiger partial charge >= 0.3 is 5.97 Å². The van der Waals surface area contributed by atoms with Crippen molar-refractivity contribution in [3.63, 3.8) is 0 Å². The van der Waals surface area contributed by atoms with E-state index in [9.17, 15) is 84.0 Å². The zero-order chi connectivity index (χ0) is 65.5. The SMILES string of the molecule is CC1(C)C2=C(CCCCCC(=O)NC(C(=O)NCCCCCC(=O)O)CCCCNC(=O)CCCCCC3(C)/C(=C/C=C/C=C2)N(CCCS(=O)(=O)O)c2ccc4c(S(=O)(=O)O)cc(S(=O)(=O)O)cc4c23)c2ccc3c(S(=O)(=O)O)cc(S(=O)(=O)O)cc3c21. The Morgan fingerprint density at radius 1 is 0.629 bits per heavy atom. The average molecular weight is 1330 g/mol. The molecule has 1 aliphatic carbocycles. The summed E-state index contributed by atoms with van der Waals surface area (Å²) in [6.45, 7) is 5.95. The number of carboxylic acid groups (broad SMARTS) is 1. The zero-order valence-electron chi connectivity index (χ0n) is 49.5. The fourth-order valence-electron chi connectivity index (χ4n) is 12.5. The van der Waals surface area contributed by atoms with E-state index in [0.717, 1.165) is 17.7 Å². The summed E-state index contributed by atoms with van der Waals surface area (Å²) in [5.74, 6) is -2.61. The summed E-state index contributed by atoms with van der Waals surface area (Å²) in [6, 6.07) is 8.63. The first-order valence-corrected chi connectivity index (χ1v) is 36.6. The van der Waals surface area contributed by atoms with Crippen LogP contribution in [-0.4, -0.2) is 125 Å². The maximum Gasteiger partial charge on any atom is 0.303 e. The van der Waals surface area contributed by atoms with Gasteiger partial charge < -0.3 is 26.0 Å². The number of rotatable bonds is 15. The van der Waals surface area contributed by atoms with Crippen LogP contribution in [0.15, 0.2) is 110 Å². The molecule has 2 atom stereocenters. The van der Waals surface area contributed by atoms with Crippen LogP contribution in [0.25, 0.3) is 27.1 Å². The molecule has 3 aliphatic rings. The predicted octanol–water partition coefficient (Wildman–Crippen LogP) is 8.52. The molecule has 0 radical (unpaired) electrons. The number of nitrogens with one attached hydrogen (secondary N) is 3. The van der Waals surface area contributed by atoms with Gasteiger partial charge in [-0.1, -0.05) is 82.0 Å². The number of carbonyl (C=O) groups is 4. The van der Waals surface area contributed by atoms with E-state index >= 15 is 0 Å². The van der Waals surface area contributed by atoms with Gasteiger partial charge in [-0.2, -0.15) is 42.1 Å². The number of hydrogen-bond donors (Lipinski definition) is 9. The van der Waals surface area contributed by atoms with Crippen molar-refractivity contribution in [2.24, 2.45) is 0 Å². The van der Waals surface area contributed by atoms with Crippen molar-refractivity contribution < 1.29 is 89.1 Å². The summed E-state index contributed by atoms with van der Waals surface area (Å²) in [6.07, 6.45) is 14.6. The largest absolute Gasteiger partial charge is 0.481 e. The molecule has 486 valence electrons. The molecule has 0 saturated heterocycles. The Kier molecular flexibility index (Phi) is 22.4. The molecule has 4 aromatic rings. The monoisotopic (exact) mass is 1330 g/mol. The van der Waals surface area contributed by atoms with Crippen LogP contribution < -0.4 is 20.9 Å². The lowest BCUT2D eigenvalue weighted by Crippen LogP contribution is -2.47. The minimum atomic E-state index is -5.15. The molecule has 2 aliphatic heterocycles. The number of benzene rings is 4. The highest BCUT2D eigenvalue weighted by Crippen LogP contribution is 2.55. The minimum Gasteiger partial charge on any atom is -0.481 e. The Bertz CT molecular complexity index is 4160. The number of nitrogens with zero attached hydrogens (tertiary/aromatic N) is 1. The molecule has 2 unspecified atom stereocenters. The molecule has 3 amide bonds. The molecule has 0 bridgehead atoms. The van der Waals surface area contributed by atoms with Crippen molar-refractivity contribution in [1.29, 1.82) is 0 Å². The van der Waals surface area contributed by atoms with Crippen LogP contribution in [0.4, 0.5) is 5.69 Å². The Labute approximate surface area is 519 Å². The van der Waals surface area contributed by atoms with Gasteiger partial charge in [0.05, 0.1) is 15.5 Å². The highest BCUT2D eigenvalue weighted by Gasteiger charge is 2.45. The second kappa shape index (κ2) is 28.4. The van der Waals surface area contributed by atoms with E-state index in [1.54, 1.807) is 47.4 Å². The molecule has 0 spiro atoms. The van der Waals surface area contributed by atoms with E-state index in [1.165, 1.54) is 12.1 Å². The number of unbranched alkanes of at least 4 members (excludes halogenated alkanes) is 2. The van der Waals surface area contributed by atoms with Gasteiger partial charge in [-0.25, -0.2) is 0 Å². The standard InChI is InChI=1S/C60H76N4O20S5/c1-59(2)47-20-9-5-10-22-52-60(3,57-46-36-40(87(76,77)78)38-51(89(82,83)84)43(46)28-29-49(57)64(52)33-18-34-85(70,71)72)30-15-6-12-23-53(65)61-31-17-14-21-48(58(69)62-32-16-7-13-25-55(67)68)63-54(66)24-11-4-8-19-41(47)44-27-26-42-45(56(44)59)35-39(86(73,74)75)37-50(42)88(79,80)81/h5,9-10,20,22,26-29,35-38,48H,4,6-8,11-19,21,23-25,30-34H2,1-3H3,(H,61,65)(H,62,69)(H,63,66)(H,67,68)(H,70,71,72)(H,73,74,75)(H,76,77,78)(H,79,80,81)(H,82,83,84)/b10-5+,20-9?,52-22-. The van der Waals surface area contributed by atoms with Gasteiger partial charge in [0.25, 0.3) is 50.6 Å². The molecule has 2 heterocycles. The average Bonchev–Trinajstić information content (AvgIpc) is 1.63. The number of hydrogen-bond acceptors (Lipinski definition) is 15. The first-order chi connectivity index (χ1) is 41.5. The molecule has 29 heteroatoms. The van der Waals surface area contributed by atoms with E-state index in [-0.39, 0.29) is 91.5 Å². The lowest BCUT2D eigenvalue weighted by Gasteiger charge is -2.31. The van der Waals surface area contributed by atoms with E-state index in [4.69, 9.17) is 5.11 Å². The van der Waals surface area contributed by atoms with Crippen LogP contribution in [0.1, 0.15) is 153 Å². The third kappa shape index (κ3) is 17.4. The summed E-state index contributed by atoms with van der Waals surface area (Å²) in [7, 11) is -24.8. The maximum atomic E-state index is 13.5. The van der Waals surface area contributed by atoms with Crippen molar-refractivity contribution in [3.05, 3.63) is 107 Å². The molecule has 7 rings (SSSR count). The van der Waals surface area contributed by atoms with E-state index < -0.39 is 105 Å². The van der Waals surface area contributed by atoms with Gasteiger partial charge in [0.15, 0.2) is 0 Å². The highest BCUT2D eigenvalue weighted by molar-refractivity contribution is 7.87. The van der Waals surface area contributed by atoms with E-state index in [1.807, 2.05) is 20.8 Å². The molecular weight excluding hydrogens is 1260 g/mol. The van der Waals surface area contributed by atoms with Crippen LogP contribution in [0.5, 0.6) is 0 Å². The first-order valence-electron chi connectivity index (χ1n) is 29.2. The van der Waals surface area contributed by atoms with E-state index in [2.05, 4.69) is 16.0 Å². The summed E-state index contributed by atoms with van der Waals surface area (Å²) in [5.41, 5.74) is 1.54. The van der Waals surface area contributed by atoms with Crippen LogP contribution in [0.3, 0.4) is 0 Å². The molecule has 24 nitrogen and oxygen atoms in total. The number of aliphatic carboxylic acids is 1. The molecule has 0 aromatic heterocycles. The van der Waals surface area contributed by atoms with Crippen molar-refractivity contribution >= 4 is 107 Å². The number of carboxylic acids is 1. The van der Waals surface area contributed by atoms with Gasteiger partial charge in [-0.05, 0) is 153 Å². The summed E-state index contributed by atoms with van der Waals surface area (Å²) in [5, 5.41) is 17.6. The predicted molar refractivity (Wildman–Crippen MR) is 333 cm³/mol. The van der Waals surface area contributed by atoms with Crippen molar-refractivity contribution in [1.82, 2.24) is 16.0 Å². The summed E-state index contributed by atoms with van der Waals surface area (Å²) >= 11 is 0. The third-order valence-corrected chi connectivity index (χ3v) is 20.9. The van der Waals surface area contributed by atoms with Gasteiger partial charge in [0.1, 0.15) is 15.8 Å². The normalized spacial score (nSPS) is 20.9. The summed E-state index contributed by atoms with van der Waals surface area (Å²) in [4.78, 5) is 49.7. The van der Waals surface area contributed by atoms with Crippen molar-refractivity contribution in [2.75, 3.05) is 30.3 Å². The summed E-state index contributed by atoms with van der Waals surface area (Å²) < 4.78 is 178. The maximum absolute atomic E-state index is 13.5. The molecular formula is C60H76N4O20S5. The van der Waals surface area contributed by atoms with Gasteiger partial charge in [0.2, 0.25) is 17.7 Å². The minimum absolute atomic E-state index is 0.00350. The second-order valence-corrected chi connectivity index (χ2v) is 30.6. The van der Waals surface area contributed by atoms with Crippen LogP contribution in [0, 0.1) is 0 Å². The van der Waals surface area contributed by atoms with Crippen molar-refractivity contribution in [2.45, 2.75) is 173 Å². The number of carbonyl (C=O) groups excluding carboxylic acids is 3. The van der Waals surface area contributed by atoms with Gasteiger partial charge in [0, 0.05) is 71.9 Å². The Morgan fingerprint density at radius 2 is 1.22 bits per heavy atom. The quantitative estimate of drug-likeness (QED) is 0.0397. The molecule has 0 fully saturated rings. The molecule has 0 saturated carbocycles. The Balaban J connectivity index is 1.33. The van der Waals surface area contributed by atoms with Crippen molar-refractivity contribution in [3.8, 4) is 0 Å². The molecule has 4 aromatic carbocycles. The van der Waals surface area contributed by atoms with Gasteiger partial charge in [-0.3, -0.25) is 41.9 Å². The Morgan fingerprint density at radius 3 is 1.83 bits per heavy atom. The second-order valence-electron chi connectivity index (χ2n) is 23.4. The number of allylic oxidation sites excluding steroid dienone is 8. The lowest BCUT2D eigenvalue weighted by molar-refractivity contribution is -0.137. The topological polar surface area (TPSA) is 400 Å². The smallest absolute Gasteiger partial charge is 0.303 e. The molecule has 9 N–H and O–H groups in total. The van der Waals surface area contributed by atoms with Gasteiger partial charge in [-0.15, -0.1) is 0 Å². The number of anilines is 1. The van der Waals surface area contributed by atoms with Crippen LogP contribution >= 0.6 is 0 Å². The lowest BCUT2D eigenvalue weighted by atomic mass is 9.75. The Hall–Kier alpha value is -6.41. The third-order valence-electron chi connectivity index (χ3n) is 16.6. The fourth-order valence-corrected chi connectivity index (χ4v) is 15.6. The zero-order valence-corrected chi connectivity index (χ0v) is 53.6. The number of fused-ring (bicyclic) bond motifs is 9. The van der Waals surface area contributed by atoms with E-state index in [0.29, 0.717) is 123 Å². The highest BCUT2D eigenvalue weighted by atomic mass is 32.2. The van der Waals surface area contributed by atoms with Crippen LogP contribution in [0.2, 0.25) is 0 Å². The first kappa shape index (κ1) is 70.1. The number of amides is 3. The van der Waals surface area contributed by atoms with Crippen LogP contribution in [-0.2, 0) is 80.6 Å².